The summed E-state index contributed by atoms with van der Waals surface area (Å²) in [6, 6.07) is 3.57. The molecule has 116 valence electrons. The highest BCUT2D eigenvalue weighted by molar-refractivity contribution is 5.90. The Labute approximate surface area is 125 Å². The van der Waals surface area contributed by atoms with Crippen LogP contribution in [0.2, 0.25) is 0 Å². The molecule has 21 heavy (non-hydrogen) atoms. The van der Waals surface area contributed by atoms with Crippen molar-refractivity contribution in [3.63, 3.8) is 0 Å². The molecule has 1 aromatic heterocycles. The van der Waals surface area contributed by atoms with Crippen LogP contribution >= 0.6 is 0 Å². The second kappa shape index (κ2) is 6.33. The maximum absolute atomic E-state index is 12.2. The highest BCUT2D eigenvalue weighted by atomic mass is 16.5. The van der Waals surface area contributed by atoms with Gasteiger partial charge in [0.2, 0.25) is 0 Å². The summed E-state index contributed by atoms with van der Waals surface area (Å²) in [7, 11) is 1.81. The van der Waals surface area contributed by atoms with Crippen LogP contribution in [0.1, 0.15) is 36.5 Å². The van der Waals surface area contributed by atoms with E-state index in [1.165, 1.54) is 0 Å². The number of carbonyl (C=O) groups is 2. The molecule has 1 saturated heterocycles. The van der Waals surface area contributed by atoms with Crippen molar-refractivity contribution < 1.29 is 14.3 Å². The fourth-order valence-electron chi connectivity index (χ4n) is 2.98. The minimum atomic E-state index is -0.447. The van der Waals surface area contributed by atoms with E-state index in [4.69, 9.17) is 4.74 Å². The minimum absolute atomic E-state index is 0.104. The highest BCUT2D eigenvalue weighted by Crippen LogP contribution is 2.21. The van der Waals surface area contributed by atoms with Gasteiger partial charge in [-0.3, -0.25) is 4.79 Å². The van der Waals surface area contributed by atoms with E-state index < -0.39 is 5.97 Å². The summed E-state index contributed by atoms with van der Waals surface area (Å²) in [4.78, 5) is 25.9. The second-order valence-corrected chi connectivity index (χ2v) is 6.24. The molecule has 0 N–H and O–H groups in total. The smallest absolute Gasteiger partial charge is 0.355 e. The monoisotopic (exact) mass is 292 g/mol. The first kappa shape index (κ1) is 15.6. The Balaban J connectivity index is 1.89. The summed E-state index contributed by atoms with van der Waals surface area (Å²) in [5.41, 5.74) is 1.45. The van der Waals surface area contributed by atoms with Crippen LogP contribution in [0.3, 0.4) is 0 Å². The van der Waals surface area contributed by atoms with Gasteiger partial charge in [-0.1, -0.05) is 13.8 Å². The van der Waals surface area contributed by atoms with Crippen LogP contribution in [-0.4, -0.2) is 41.0 Å². The zero-order valence-electron chi connectivity index (χ0n) is 13.3. The number of piperidine rings is 1. The molecule has 5 heteroatoms. The molecule has 5 nitrogen and oxygen atoms in total. The van der Waals surface area contributed by atoms with Gasteiger partial charge in [-0.25, -0.2) is 4.79 Å². The van der Waals surface area contributed by atoms with E-state index in [1.54, 1.807) is 10.6 Å². The zero-order chi connectivity index (χ0) is 15.6. The van der Waals surface area contributed by atoms with Gasteiger partial charge in [0.05, 0.1) is 0 Å². The number of aryl methyl sites for hydroxylation is 1. The van der Waals surface area contributed by atoms with E-state index in [0.717, 1.165) is 25.2 Å². The Hall–Kier alpha value is -1.78. The van der Waals surface area contributed by atoms with Gasteiger partial charge in [-0.15, -0.1) is 0 Å². The van der Waals surface area contributed by atoms with Crippen LogP contribution in [0.5, 0.6) is 0 Å². The van der Waals surface area contributed by atoms with Gasteiger partial charge in [0, 0.05) is 25.8 Å². The van der Waals surface area contributed by atoms with Crippen molar-refractivity contribution in [1.29, 1.82) is 0 Å². The molecule has 0 aromatic carbocycles. The van der Waals surface area contributed by atoms with Gasteiger partial charge in [0.1, 0.15) is 5.69 Å². The molecule has 0 radical (unpaired) electrons. The molecule has 0 saturated carbocycles. The molecule has 0 aliphatic carbocycles. The normalized spacial score (nSPS) is 22.2. The van der Waals surface area contributed by atoms with Crippen molar-refractivity contribution in [3.8, 4) is 0 Å². The number of carbonyl (C=O) groups excluding carboxylic acids is 2. The molecular formula is C16H24N2O3. The first-order valence-electron chi connectivity index (χ1n) is 7.45. The zero-order valence-corrected chi connectivity index (χ0v) is 13.3. The molecule has 1 aliphatic heterocycles. The van der Waals surface area contributed by atoms with Gasteiger partial charge < -0.3 is 14.2 Å². The lowest BCUT2D eigenvalue weighted by atomic mass is 9.92. The van der Waals surface area contributed by atoms with Crippen molar-refractivity contribution in [2.45, 2.75) is 27.2 Å². The van der Waals surface area contributed by atoms with E-state index in [9.17, 15) is 9.59 Å². The van der Waals surface area contributed by atoms with Crippen LogP contribution in [0.15, 0.2) is 12.1 Å². The van der Waals surface area contributed by atoms with Gasteiger partial charge in [-0.05, 0) is 37.3 Å². The fourth-order valence-corrected chi connectivity index (χ4v) is 2.98. The molecule has 2 heterocycles. The quantitative estimate of drug-likeness (QED) is 0.801. The molecule has 1 aliphatic rings. The summed E-state index contributed by atoms with van der Waals surface area (Å²) < 4.78 is 6.92. The Kier molecular flexibility index (Phi) is 4.70. The number of esters is 1. The molecule has 0 spiro atoms. The molecule has 2 atom stereocenters. The lowest BCUT2D eigenvalue weighted by Crippen LogP contribution is -2.44. The van der Waals surface area contributed by atoms with Crippen molar-refractivity contribution in [2.24, 2.45) is 18.9 Å². The molecule has 2 rings (SSSR count). The van der Waals surface area contributed by atoms with Crippen LogP contribution < -0.4 is 0 Å². The number of aromatic nitrogens is 1. The molecule has 2 unspecified atom stereocenters. The number of amides is 1. The first-order chi connectivity index (χ1) is 9.88. The topological polar surface area (TPSA) is 51.5 Å². The summed E-state index contributed by atoms with van der Waals surface area (Å²) in [6.07, 6.45) is 1.15. The number of nitrogens with zero attached hydrogens (tertiary/aromatic N) is 2. The Morgan fingerprint density at radius 2 is 1.86 bits per heavy atom. The maximum Gasteiger partial charge on any atom is 0.355 e. The summed E-state index contributed by atoms with van der Waals surface area (Å²) in [5.74, 6) is 0.456. The summed E-state index contributed by atoms with van der Waals surface area (Å²) in [6.45, 7) is 7.54. The SMILES string of the molecule is Cc1ccc(C(=O)OCC(=O)N2CC(C)CC(C)C2)n1C. The Morgan fingerprint density at radius 3 is 2.38 bits per heavy atom. The molecule has 1 amide bonds. The average Bonchev–Trinajstić information content (AvgIpc) is 2.75. The van der Waals surface area contributed by atoms with Crippen LogP contribution in [0, 0.1) is 18.8 Å². The number of hydrogen-bond acceptors (Lipinski definition) is 3. The fraction of sp³-hybridized carbons (Fsp3) is 0.625. The minimum Gasteiger partial charge on any atom is -0.451 e. The van der Waals surface area contributed by atoms with Crippen molar-refractivity contribution in [2.75, 3.05) is 19.7 Å². The van der Waals surface area contributed by atoms with E-state index in [2.05, 4.69) is 13.8 Å². The molecular weight excluding hydrogens is 268 g/mol. The second-order valence-electron chi connectivity index (χ2n) is 6.24. The standard InChI is InChI=1S/C16H24N2O3/c1-11-7-12(2)9-18(8-11)15(19)10-21-16(20)14-6-5-13(3)17(14)4/h5-6,11-12H,7-10H2,1-4H3. The average molecular weight is 292 g/mol. The van der Waals surface area contributed by atoms with Crippen LogP contribution in [-0.2, 0) is 16.6 Å². The van der Waals surface area contributed by atoms with E-state index in [0.29, 0.717) is 17.5 Å². The molecule has 1 fully saturated rings. The Morgan fingerprint density at radius 1 is 1.24 bits per heavy atom. The number of hydrogen-bond donors (Lipinski definition) is 0. The first-order valence-corrected chi connectivity index (χ1v) is 7.45. The van der Waals surface area contributed by atoms with Crippen molar-refractivity contribution >= 4 is 11.9 Å². The summed E-state index contributed by atoms with van der Waals surface area (Å²) >= 11 is 0. The molecule has 1 aromatic rings. The van der Waals surface area contributed by atoms with Crippen LogP contribution in [0.25, 0.3) is 0 Å². The van der Waals surface area contributed by atoms with Crippen molar-refractivity contribution in [1.82, 2.24) is 9.47 Å². The number of ether oxygens (including phenoxy) is 1. The van der Waals surface area contributed by atoms with E-state index in [-0.39, 0.29) is 12.5 Å². The predicted molar refractivity (Wildman–Crippen MR) is 80.0 cm³/mol. The lowest BCUT2D eigenvalue weighted by Gasteiger charge is -2.34. The third-order valence-corrected chi connectivity index (χ3v) is 4.13. The summed E-state index contributed by atoms with van der Waals surface area (Å²) in [5, 5.41) is 0. The highest BCUT2D eigenvalue weighted by Gasteiger charge is 2.26. The van der Waals surface area contributed by atoms with E-state index >= 15 is 0 Å². The third kappa shape index (κ3) is 3.65. The molecule has 0 bridgehead atoms. The third-order valence-electron chi connectivity index (χ3n) is 4.13. The predicted octanol–water partition coefficient (Wildman–Crippen LogP) is 1.99. The van der Waals surface area contributed by atoms with Crippen LogP contribution in [0.4, 0.5) is 0 Å². The largest absolute Gasteiger partial charge is 0.451 e. The number of rotatable bonds is 3. The van der Waals surface area contributed by atoms with Crippen molar-refractivity contribution in [3.05, 3.63) is 23.5 Å². The van der Waals surface area contributed by atoms with Gasteiger partial charge in [0.25, 0.3) is 5.91 Å². The maximum atomic E-state index is 12.2. The lowest BCUT2D eigenvalue weighted by molar-refractivity contribution is -0.137. The van der Waals surface area contributed by atoms with Gasteiger partial charge in [0.15, 0.2) is 6.61 Å². The van der Waals surface area contributed by atoms with E-state index in [1.807, 2.05) is 24.9 Å². The van der Waals surface area contributed by atoms with Gasteiger partial charge in [-0.2, -0.15) is 0 Å². The Bertz CT molecular complexity index is 526. The van der Waals surface area contributed by atoms with Gasteiger partial charge >= 0.3 is 5.97 Å². The number of likely N-dealkylation sites (tertiary alicyclic amines) is 1.